The molecule has 2 fully saturated rings. The van der Waals surface area contributed by atoms with Crippen molar-refractivity contribution in [1.82, 2.24) is 25.1 Å². The van der Waals surface area contributed by atoms with Gasteiger partial charge in [0.25, 0.3) is 0 Å². The van der Waals surface area contributed by atoms with Gasteiger partial charge in [0.15, 0.2) is 5.82 Å². The van der Waals surface area contributed by atoms with E-state index in [0.29, 0.717) is 30.6 Å². The molecule has 3 heterocycles. The van der Waals surface area contributed by atoms with E-state index < -0.39 is 0 Å². The molecule has 0 bridgehead atoms. The molecule has 2 aliphatic rings. The van der Waals surface area contributed by atoms with Crippen LogP contribution < -0.4 is 5.32 Å². The fraction of sp³-hybridized carbons (Fsp3) is 0.350. The number of carbonyl (C=O) groups excluding carboxylic acids is 2. The van der Waals surface area contributed by atoms with E-state index in [1.54, 1.807) is 17.2 Å². The number of carbonyl (C=O) groups is 2. The summed E-state index contributed by atoms with van der Waals surface area (Å²) in [6, 6.07) is 11.4. The van der Waals surface area contributed by atoms with Gasteiger partial charge in [-0.2, -0.15) is 0 Å². The normalized spacial score (nSPS) is 19.0. The van der Waals surface area contributed by atoms with Crippen LogP contribution >= 0.6 is 0 Å². The largest absolute Gasteiger partial charge is 0.467 e. The van der Waals surface area contributed by atoms with Crippen molar-refractivity contribution in [2.45, 2.75) is 31.8 Å². The summed E-state index contributed by atoms with van der Waals surface area (Å²) in [5, 5.41) is 14.9. The van der Waals surface area contributed by atoms with Crippen molar-refractivity contribution in [3.8, 4) is 11.4 Å². The first-order valence-corrected chi connectivity index (χ1v) is 9.67. The molecule has 2 amide bonds. The van der Waals surface area contributed by atoms with Gasteiger partial charge in [0.1, 0.15) is 5.76 Å². The molecule has 148 valence electrons. The monoisotopic (exact) mass is 392 g/mol. The van der Waals surface area contributed by atoms with E-state index in [1.165, 1.54) is 0 Å². The van der Waals surface area contributed by atoms with E-state index in [4.69, 9.17) is 4.42 Å². The Morgan fingerprint density at radius 1 is 1.21 bits per heavy atom. The lowest BCUT2D eigenvalue weighted by Crippen LogP contribution is -2.27. The molecule has 1 aliphatic heterocycles. The summed E-state index contributed by atoms with van der Waals surface area (Å²) >= 11 is 0. The van der Waals surface area contributed by atoms with Gasteiger partial charge >= 0.3 is 0 Å². The molecule has 0 spiro atoms. The molecule has 0 radical (unpaired) electrons. The summed E-state index contributed by atoms with van der Waals surface area (Å²) in [5.41, 5.74) is 1.58. The maximum Gasteiger partial charge on any atom is 0.229 e. The first kappa shape index (κ1) is 17.6. The number of amides is 2. The molecule has 1 saturated carbocycles. The number of nitrogens with zero attached hydrogens (tertiary/aromatic N) is 5. The fourth-order valence-corrected chi connectivity index (χ4v) is 3.59. The number of hydrogen-bond acceptors (Lipinski definition) is 6. The van der Waals surface area contributed by atoms with E-state index in [9.17, 15) is 9.59 Å². The summed E-state index contributed by atoms with van der Waals surface area (Å²) in [6.07, 6.45) is 3.99. The van der Waals surface area contributed by atoms with Crippen LogP contribution in [0.4, 0.5) is 5.69 Å². The van der Waals surface area contributed by atoms with Crippen molar-refractivity contribution in [3.05, 3.63) is 48.4 Å². The first-order valence-electron chi connectivity index (χ1n) is 9.67. The van der Waals surface area contributed by atoms with Gasteiger partial charge in [0, 0.05) is 24.2 Å². The molecule has 1 unspecified atom stereocenters. The Kier molecular flexibility index (Phi) is 4.34. The molecule has 5 rings (SSSR count). The highest BCUT2D eigenvalue weighted by Gasteiger charge is 2.34. The minimum atomic E-state index is -0.376. The molecule has 1 aromatic carbocycles. The summed E-state index contributed by atoms with van der Waals surface area (Å²) in [4.78, 5) is 26.5. The van der Waals surface area contributed by atoms with Crippen LogP contribution in [0.5, 0.6) is 0 Å². The van der Waals surface area contributed by atoms with Crippen LogP contribution in [0.2, 0.25) is 0 Å². The Bertz CT molecular complexity index is 1020. The Morgan fingerprint density at radius 3 is 2.76 bits per heavy atom. The highest BCUT2D eigenvalue weighted by molar-refractivity contribution is 5.97. The molecule has 1 aliphatic carbocycles. The van der Waals surface area contributed by atoms with Crippen molar-refractivity contribution in [3.63, 3.8) is 0 Å². The second kappa shape index (κ2) is 7.16. The quantitative estimate of drug-likeness (QED) is 0.690. The van der Waals surface area contributed by atoms with Gasteiger partial charge in [0.2, 0.25) is 11.8 Å². The second-order valence-electron chi connectivity index (χ2n) is 7.50. The number of nitrogens with one attached hydrogen (secondary N) is 1. The van der Waals surface area contributed by atoms with Crippen LogP contribution in [0, 0.1) is 5.92 Å². The lowest BCUT2D eigenvalue weighted by atomic mass is 10.1. The zero-order valence-electron chi connectivity index (χ0n) is 15.7. The number of aromatic nitrogens is 4. The van der Waals surface area contributed by atoms with Crippen LogP contribution in [0.25, 0.3) is 11.4 Å². The van der Waals surface area contributed by atoms with Gasteiger partial charge in [-0.05, 0) is 59.7 Å². The van der Waals surface area contributed by atoms with E-state index >= 15 is 0 Å². The maximum atomic E-state index is 12.6. The third kappa shape index (κ3) is 3.63. The number of furan rings is 1. The van der Waals surface area contributed by atoms with Gasteiger partial charge in [-0.1, -0.05) is 0 Å². The molecule has 1 saturated heterocycles. The summed E-state index contributed by atoms with van der Waals surface area (Å²) in [6.45, 7) is 0.777. The highest BCUT2D eigenvalue weighted by atomic mass is 16.3. The van der Waals surface area contributed by atoms with Crippen molar-refractivity contribution in [1.29, 1.82) is 0 Å². The van der Waals surface area contributed by atoms with E-state index in [-0.39, 0.29) is 24.2 Å². The highest BCUT2D eigenvalue weighted by Crippen LogP contribution is 2.36. The molecule has 9 heteroatoms. The van der Waals surface area contributed by atoms with Crippen molar-refractivity contribution < 1.29 is 14.0 Å². The van der Waals surface area contributed by atoms with Gasteiger partial charge in [-0.3, -0.25) is 9.59 Å². The molecule has 1 atom stereocenters. The molecule has 3 aromatic rings. The van der Waals surface area contributed by atoms with Crippen molar-refractivity contribution in [2.75, 3.05) is 11.9 Å². The SMILES string of the molecule is O=C(Nc1ccc(-c2nnnn2C2CC2)cc1)C1CC(=O)N(Cc2ccco2)C1. The Balaban J connectivity index is 1.22. The molecular formula is C20H20N6O3. The molecule has 1 N–H and O–H groups in total. The number of tetrazole rings is 1. The summed E-state index contributed by atoms with van der Waals surface area (Å²) in [5.74, 6) is 0.878. The van der Waals surface area contributed by atoms with Crippen LogP contribution in [0.15, 0.2) is 47.1 Å². The molecule has 9 nitrogen and oxygen atoms in total. The number of rotatable bonds is 6. The van der Waals surface area contributed by atoms with Gasteiger partial charge < -0.3 is 14.6 Å². The predicted octanol–water partition coefficient (Wildman–Crippen LogP) is 2.26. The number of anilines is 1. The smallest absolute Gasteiger partial charge is 0.229 e. The number of hydrogen-bond donors (Lipinski definition) is 1. The Labute approximate surface area is 166 Å². The first-order chi connectivity index (χ1) is 14.2. The average molecular weight is 392 g/mol. The zero-order chi connectivity index (χ0) is 19.8. The van der Waals surface area contributed by atoms with Crippen LogP contribution in [-0.2, 0) is 16.1 Å². The van der Waals surface area contributed by atoms with E-state index in [1.807, 2.05) is 35.0 Å². The lowest BCUT2D eigenvalue weighted by molar-refractivity contribution is -0.128. The maximum absolute atomic E-state index is 12.6. The zero-order valence-corrected chi connectivity index (χ0v) is 15.7. The summed E-state index contributed by atoms with van der Waals surface area (Å²) in [7, 11) is 0. The van der Waals surface area contributed by atoms with E-state index in [2.05, 4.69) is 20.8 Å². The third-order valence-electron chi connectivity index (χ3n) is 5.31. The lowest BCUT2D eigenvalue weighted by Gasteiger charge is -2.15. The second-order valence-corrected chi connectivity index (χ2v) is 7.50. The van der Waals surface area contributed by atoms with E-state index in [0.717, 1.165) is 24.2 Å². The minimum absolute atomic E-state index is 0.0381. The fourth-order valence-electron chi connectivity index (χ4n) is 3.59. The average Bonchev–Trinajstić information content (AvgIpc) is 3.09. The number of likely N-dealkylation sites (tertiary alicyclic amines) is 1. The van der Waals surface area contributed by atoms with Gasteiger partial charge in [0.05, 0.1) is 24.8 Å². The molecule has 2 aromatic heterocycles. The molecular weight excluding hydrogens is 372 g/mol. The standard InChI is InChI=1S/C20H20N6O3/c27-18-10-14(11-25(18)12-17-2-1-9-29-17)20(28)21-15-5-3-13(4-6-15)19-22-23-24-26(19)16-7-8-16/h1-6,9,14,16H,7-8,10-12H2,(H,21,28). The van der Waals surface area contributed by atoms with Gasteiger partial charge in [-0.25, -0.2) is 4.68 Å². The Morgan fingerprint density at radius 2 is 2.03 bits per heavy atom. The third-order valence-corrected chi connectivity index (χ3v) is 5.31. The minimum Gasteiger partial charge on any atom is -0.467 e. The predicted molar refractivity (Wildman–Crippen MR) is 102 cm³/mol. The van der Waals surface area contributed by atoms with Crippen molar-refractivity contribution in [2.24, 2.45) is 5.92 Å². The van der Waals surface area contributed by atoms with Crippen LogP contribution in [-0.4, -0.2) is 43.5 Å². The topological polar surface area (TPSA) is 106 Å². The Hall–Kier alpha value is -3.49. The van der Waals surface area contributed by atoms with Crippen LogP contribution in [0.1, 0.15) is 31.1 Å². The van der Waals surface area contributed by atoms with Gasteiger partial charge in [-0.15, -0.1) is 5.10 Å². The molecule has 29 heavy (non-hydrogen) atoms. The summed E-state index contributed by atoms with van der Waals surface area (Å²) < 4.78 is 7.15. The van der Waals surface area contributed by atoms with Crippen molar-refractivity contribution >= 4 is 17.5 Å². The van der Waals surface area contributed by atoms with Crippen LogP contribution in [0.3, 0.4) is 0 Å². The number of benzene rings is 1.